The smallest absolute Gasteiger partial charge is 0.227 e. The van der Waals surface area contributed by atoms with Crippen molar-refractivity contribution in [1.29, 1.82) is 0 Å². The molecule has 0 unspecified atom stereocenters. The molecule has 5 nitrogen and oxygen atoms in total. The van der Waals surface area contributed by atoms with Gasteiger partial charge in [-0.05, 0) is 31.5 Å². The molecular formula is C17H19ClN2O3. The molecule has 3 rings (SSSR count). The van der Waals surface area contributed by atoms with Crippen molar-refractivity contribution in [3.63, 3.8) is 0 Å². The van der Waals surface area contributed by atoms with Gasteiger partial charge < -0.3 is 14.2 Å². The molecular weight excluding hydrogens is 316 g/mol. The highest BCUT2D eigenvalue weighted by atomic mass is 35.5. The quantitative estimate of drug-likeness (QED) is 0.865. The van der Waals surface area contributed by atoms with Crippen molar-refractivity contribution in [2.75, 3.05) is 19.7 Å². The maximum atomic E-state index is 12.6. The highest BCUT2D eigenvalue weighted by Crippen LogP contribution is 2.24. The van der Waals surface area contributed by atoms with Gasteiger partial charge in [0.05, 0.1) is 25.3 Å². The number of morpholine rings is 1. The van der Waals surface area contributed by atoms with Crippen LogP contribution in [0, 0.1) is 13.8 Å². The van der Waals surface area contributed by atoms with Crippen LogP contribution in [-0.2, 0) is 16.0 Å². The van der Waals surface area contributed by atoms with Crippen LogP contribution in [0.3, 0.4) is 0 Å². The van der Waals surface area contributed by atoms with Gasteiger partial charge >= 0.3 is 0 Å². The maximum Gasteiger partial charge on any atom is 0.227 e. The molecule has 0 N–H and O–H groups in total. The number of hydrogen-bond acceptors (Lipinski definition) is 4. The third-order valence-corrected chi connectivity index (χ3v) is 4.42. The van der Waals surface area contributed by atoms with E-state index in [4.69, 9.17) is 20.9 Å². The second-order valence-corrected chi connectivity index (χ2v) is 6.17. The Labute approximate surface area is 140 Å². The normalized spacial score (nSPS) is 18.2. The average Bonchev–Trinajstić information content (AvgIpc) is 2.87. The molecule has 0 radical (unpaired) electrons. The van der Waals surface area contributed by atoms with Crippen LogP contribution in [0.15, 0.2) is 28.8 Å². The summed E-state index contributed by atoms with van der Waals surface area (Å²) in [6.45, 7) is 5.37. The summed E-state index contributed by atoms with van der Waals surface area (Å²) < 4.78 is 10.9. The number of carbonyl (C=O) groups excluding carboxylic acids is 1. The second kappa shape index (κ2) is 6.72. The Morgan fingerprint density at radius 2 is 2.09 bits per heavy atom. The molecule has 2 heterocycles. The van der Waals surface area contributed by atoms with Crippen LogP contribution in [0.4, 0.5) is 0 Å². The zero-order valence-corrected chi connectivity index (χ0v) is 14.0. The first kappa shape index (κ1) is 16.0. The van der Waals surface area contributed by atoms with Crippen molar-refractivity contribution >= 4 is 17.5 Å². The lowest BCUT2D eigenvalue weighted by Crippen LogP contribution is -2.43. The molecule has 1 fully saturated rings. The Morgan fingerprint density at radius 3 is 2.74 bits per heavy atom. The summed E-state index contributed by atoms with van der Waals surface area (Å²) in [6.07, 6.45) is 0.198. The van der Waals surface area contributed by atoms with Gasteiger partial charge in [0.1, 0.15) is 11.9 Å². The molecule has 0 bridgehead atoms. The Balaban J connectivity index is 1.68. The lowest BCUT2D eigenvalue weighted by atomic mass is 10.1. The molecule has 1 aromatic heterocycles. The Kier molecular flexibility index (Phi) is 4.68. The summed E-state index contributed by atoms with van der Waals surface area (Å²) in [5.41, 5.74) is 2.69. The van der Waals surface area contributed by atoms with Gasteiger partial charge in [0.25, 0.3) is 0 Å². The molecule has 1 aliphatic heterocycles. The Hall–Kier alpha value is -1.85. The monoisotopic (exact) mass is 334 g/mol. The standard InChI is InChI=1S/C17H19ClN2O3/c1-11-15(12(2)23-19-11)9-17(21)20-7-8-22-16(10-20)13-3-5-14(18)6-4-13/h3-6,16H,7-10H2,1-2H3/t16-/m0/s1. The SMILES string of the molecule is Cc1noc(C)c1CC(=O)N1CCO[C@H](c2ccc(Cl)cc2)C1. The summed E-state index contributed by atoms with van der Waals surface area (Å²) in [4.78, 5) is 14.4. The third-order valence-electron chi connectivity index (χ3n) is 4.17. The number of rotatable bonds is 3. The van der Waals surface area contributed by atoms with Gasteiger partial charge in [0, 0.05) is 17.1 Å². The van der Waals surface area contributed by atoms with Crippen LogP contribution in [0.2, 0.25) is 5.02 Å². The number of aryl methyl sites for hydroxylation is 2. The first-order valence-corrected chi connectivity index (χ1v) is 7.99. The van der Waals surface area contributed by atoms with Crippen molar-refractivity contribution in [3.05, 3.63) is 51.9 Å². The lowest BCUT2D eigenvalue weighted by Gasteiger charge is -2.33. The molecule has 6 heteroatoms. The van der Waals surface area contributed by atoms with E-state index in [0.29, 0.717) is 36.9 Å². The summed E-state index contributed by atoms with van der Waals surface area (Å²) in [7, 11) is 0. The molecule has 1 amide bonds. The number of halogens is 1. The molecule has 1 atom stereocenters. The summed E-state index contributed by atoms with van der Waals surface area (Å²) in [5.74, 6) is 0.778. The van der Waals surface area contributed by atoms with Crippen LogP contribution >= 0.6 is 11.6 Å². The average molecular weight is 335 g/mol. The van der Waals surface area contributed by atoms with E-state index in [0.717, 1.165) is 16.8 Å². The van der Waals surface area contributed by atoms with E-state index in [1.54, 1.807) is 0 Å². The van der Waals surface area contributed by atoms with E-state index in [9.17, 15) is 4.79 Å². The Morgan fingerprint density at radius 1 is 1.35 bits per heavy atom. The molecule has 1 saturated heterocycles. The van der Waals surface area contributed by atoms with Gasteiger partial charge in [0.15, 0.2) is 0 Å². The molecule has 122 valence electrons. The minimum Gasteiger partial charge on any atom is -0.370 e. The first-order chi connectivity index (χ1) is 11.0. The number of hydrogen-bond donors (Lipinski definition) is 0. The number of amides is 1. The lowest BCUT2D eigenvalue weighted by molar-refractivity contribution is -0.138. The van der Waals surface area contributed by atoms with E-state index in [-0.39, 0.29) is 12.0 Å². The predicted molar refractivity (Wildman–Crippen MR) is 86.4 cm³/mol. The number of benzene rings is 1. The van der Waals surface area contributed by atoms with Crippen molar-refractivity contribution < 1.29 is 14.1 Å². The molecule has 0 saturated carbocycles. The van der Waals surface area contributed by atoms with Gasteiger partial charge in [-0.15, -0.1) is 0 Å². The van der Waals surface area contributed by atoms with Crippen LogP contribution in [0.1, 0.15) is 28.7 Å². The molecule has 1 aliphatic rings. The van der Waals surface area contributed by atoms with Crippen LogP contribution in [0.25, 0.3) is 0 Å². The molecule has 23 heavy (non-hydrogen) atoms. The zero-order valence-electron chi connectivity index (χ0n) is 13.2. The van der Waals surface area contributed by atoms with Crippen molar-refractivity contribution in [3.8, 4) is 0 Å². The van der Waals surface area contributed by atoms with Gasteiger partial charge in [0.2, 0.25) is 5.91 Å². The number of nitrogens with zero attached hydrogens (tertiary/aromatic N) is 2. The van der Waals surface area contributed by atoms with Crippen molar-refractivity contribution in [2.45, 2.75) is 26.4 Å². The predicted octanol–water partition coefficient (Wildman–Crippen LogP) is 3.09. The van der Waals surface area contributed by atoms with E-state index < -0.39 is 0 Å². The zero-order chi connectivity index (χ0) is 16.4. The minimum atomic E-state index is -0.116. The van der Waals surface area contributed by atoms with E-state index >= 15 is 0 Å². The van der Waals surface area contributed by atoms with Crippen molar-refractivity contribution in [1.82, 2.24) is 10.1 Å². The number of aromatic nitrogens is 1. The molecule has 1 aromatic carbocycles. The fourth-order valence-corrected chi connectivity index (χ4v) is 2.90. The van der Waals surface area contributed by atoms with Gasteiger partial charge in [-0.2, -0.15) is 0 Å². The highest BCUT2D eigenvalue weighted by molar-refractivity contribution is 6.30. The fraction of sp³-hybridized carbons (Fsp3) is 0.412. The first-order valence-electron chi connectivity index (χ1n) is 7.61. The van der Waals surface area contributed by atoms with Crippen LogP contribution < -0.4 is 0 Å². The largest absolute Gasteiger partial charge is 0.370 e. The fourth-order valence-electron chi connectivity index (χ4n) is 2.77. The third kappa shape index (κ3) is 3.57. The van der Waals surface area contributed by atoms with E-state index in [1.807, 2.05) is 43.0 Å². The number of ether oxygens (including phenoxy) is 1. The van der Waals surface area contributed by atoms with Crippen molar-refractivity contribution in [2.24, 2.45) is 0 Å². The van der Waals surface area contributed by atoms with Gasteiger partial charge in [-0.3, -0.25) is 4.79 Å². The van der Waals surface area contributed by atoms with Gasteiger partial charge in [-0.1, -0.05) is 28.9 Å². The minimum absolute atomic E-state index is 0.0710. The molecule has 0 spiro atoms. The van der Waals surface area contributed by atoms with Gasteiger partial charge in [-0.25, -0.2) is 0 Å². The Bertz CT molecular complexity index is 677. The summed E-state index contributed by atoms with van der Waals surface area (Å²) >= 11 is 5.92. The second-order valence-electron chi connectivity index (χ2n) is 5.73. The molecule has 0 aliphatic carbocycles. The van der Waals surface area contributed by atoms with E-state index in [1.165, 1.54) is 0 Å². The summed E-state index contributed by atoms with van der Waals surface area (Å²) in [5, 5.41) is 4.59. The van der Waals surface area contributed by atoms with Crippen LogP contribution in [0.5, 0.6) is 0 Å². The number of carbonyl (C=O) groups is 1. The van der Waals surface area contributed by atoms with Crippen LogP contribution in [-0.4, -0.2) is 35.7 Å². The summed E-state index contributed by atoms with van der Waals surface area (Å²) in [6, 6.07) is 7.56. The topological polar surface area (TPSA) is 55.6 Å². The maximum absolute atomic E-state index is 12.6. The van der Waals surface area contributed by atoms with E-state index in [2.05, 4.69) is 5.16 Å². The molecule has 2 aromatic rings. The highest BCUT2D eigenvalue weighted by Gasteiger charge is 2.26.